The summed E-state index contributed by atoms with van der Waals surface area (Å²) in [5.41, 5.74) is 1.34. The summed E-state index contributed by atoms with van der Waals surface area (Å²) in [6.45, 7) is 3.44. The van der Waals surface area contributed by atoms with E-state index in [1.807, 2.05) is 5.43 Å². The summed E-state index contributed by atoms with van der Waals surface area (Å²) >= 11 is 1.21. The molecule has 0 spiro atoms. The minimum Gasteiger partial charge on any atom is -0.294 e. The van der Waals surface area contributed by atoms with Gasteiger partial charge in [0.2, 0.25) is 5.91 Å². The Morgan fingerprint density at radius 3 is 2.53 bits per heavy atom. The molecule has 0 aliphatic rings. The first-order valence-electron chi connectivity index (χ1n) is 5.60. The van der Waals surface area contributed by atoms with Crippen molar-refractivity contribution in [2.24, 2.45) is 11.8 Å². The van der Waals surface area contributed by atoms with Crippen LogP contribution in [0.15, 0.2) is 29.2 Å². The molecule has 0 saturated carbocycles. The van der Waals surface area contributed by atoms with Crippen molar-refractivity contribution in [1.29, 1.82) is 0 Å². The zero-order valence-corrected chi connectivity index (χ0v) is 11.3. The highest BCUT2D eigenvalue weighted by molar-refractivity contribution is 8.00. The van der Waals surface area contributed by atoms with Crippen molar-refractivity contribution in [3.05, 3.63) is 29.8 Å². The van der Waals surface area contributed by atoms with Crippen molar-refractivity contribution in [3.63, 3.8) is 0 Å². The molecule has 1 aromatic rings. The van der Waals surface area contributed by atoms with Crippen molar-refractivity contribution < 1.29 is 18.0 Å². The number of halogens is 3. The average molecular weight is 292 g/mol. The molecule has 0 aromatic heterocycles. The first-order valence-corrected chi connectivity index (χ1v) is 6.48. The molecular formula is C12H15F3N2OS. The van der Waals surface area contributed by atoms with Crippen LogP contribution in [0.1, 0.15) is 19.4 Å². The van der Waals surface area contributed by atoms with Crippen molar-refractivity contribution in [1.82, 2.24) is 5.43 Å². The summed E-state index contributed by atoms with van der Waals surface area (Å²) in [6.07, 6.45) is -4.36. The number of hydrazine groups is 1. The molecule has 0 heterocycles. The number of carbonyl (C=O) groups is 1. The lowest BCUT2D eigenvalue weighted by atomic mass is 10.1. The summed E-state index contributed by atoms with van der Waals surface area (Å²) in [6, 6.07) is 5.04. The van der Waals surface area contributed by atoms with Crippen LogP contribution in [-0.2, 0) is 11.0 Å². The summed E-state index contributed by atoms with van der Waals surface area (Å²) in [7, 11) is 0. The maximum Gasteiger partial charge on any atom is 0.416 e. The van der Waals surface area contributed by atoms with Crippen LogP contribution in [0.3, 0.4) is 0 Å². The van der Waals surface area contributed by atoms with Crippen molar-refractivity contribution in [2.45, 2.75) is 30.2 Å². The summed E-state index contributed by atoms with van der Waals surface area (Å²) in [4.78, 5) is 11.8. The molecule has 0 aliphatic heterocycles. The maximum absolute atomic E-state index is 12.6. The second kappa shape index (κ2) is 6.29. The second-order valence-corrected chi connectivity index (χ2v) is 5.60. The average Bonchev–Trinajstić information content (AvgIpc) is 2.36. The number of hydrogen-bond donors (Lipinski definition) is 2. The molecule has 2 unspecified atom stereocenters. The molecule has 3 N–H and O–H groups in total. The maximum atomic E-state index is 12.6. The lowest BCUT2D eigenvalue weighted by molar-refractivity contribution is -0.137. The number of carbonyl (C=O) groups excluding carboxylic acids is 1. The van der Waals surface area contributed by atoms with Crippen LogP contribution >= 0.6 is 11.8 Å². The molecule has 19 heavy (non-hydrogen) atoms. The number of thioether (sulfide) groups is 1. The van der Waals surface area contributed by atoms with E-state index in [-0.39, 0.29) is 11.2 Å². The van der Waals surface area contributed by atoms with Gasteiger partial charge < -0.3 is 0 Å². The summed E-state index contributed by atoms with van der Waals surface area (Å²) in [5.74, 6) is 4.29. The number of nitrogens with one attached hydrogen (secondary N) is 1. The van der Waals surface area contributed by atoms with E-state index < -0.39 is 17.7 Å². The third kappa shape index (κ3) is 4.43. The Kier molecular flexibility index (Phi) is 5.25. The summed E-state index contributed by atoms with van der Waals surface area (Å²) < 4.78 is 37.7. The predicted molar refractivity (Wildman–Crippen MR) is 68.3 cm³/mol. The van der Waals surface area contributed by atoms with Crippen LogP contribution in [0.25, 0.3) is 0 Å². The Bertz CT molecular complexity index is 451. The molecular weight excluding hydrogens is 277 g/mol. The van der Waals surface area contributed by atoms with Crippen LogP contribution < -0.4 is 11.3 Å². The van der Waals surface area contributed by atoms with Gasteiger partial charge in [0.25, 0.3) is 0 Å². The quantitative estimate of drug-likeness (QED) is 0.388. The molecule has 7 heteroatoms. The Balaban J connectivity index is 2.80. The van der Waals surface area contributed by atoms with E-state index in [4.69, 9.17) is 5.84 Å². The second-order valence-electron chi connectivity index (χ2n) is 4.15. The zero-order chi connectivity index (χ0) is 14.6. The molecule has 3 nitrogen and oxygen atoms in total. The monoisotopic (exact) mass is 292 g/mol. The van der Waals surface area contributed by atoms with Crippen LogP contribution in [-0.4, -0.2) is 11.2 Å². The van der Waals surface area contributed by atoms with Crippen molar-refractivity contribution in [3.8, 4) is 0 Å². The van der Waals surface area contributed by atoms with E-state index in [0.29, 0.717) is 4.90 Å². The Labute approximate surface area is 113 Å². The van der Waals surface area contributed by atoms with E-state index in [0.717, 1.165) is 12.1 Å². The van der Waals surface area contributed by atoms with E-state index in [9.17, 15) is 18.0 Å². The third-order valence-corrected chi connectivity index (χ3v) is 4.05. The number of rotatable bonds is 4. The van der Waals surface area contributed by atoms with Crippen LogP contribution in [0.5, 0.6) is 0 Å². The molecule has 0 radical (unpaired) electrons. The fourth-order valence-corrected chi connectivity index (χ4v) is 2.52. The van der Waals surface area contributed by atoms with Gasteiger partial charge in [-0.15, -0.1) is 11.8 Å². The van der Waals surface area contributed by atoms with Gasteiger partial charge in [0.05, 0.1) is 5.56 Å². The van der Waals surface area contributed by atoms with Gasteiger partial charge in [0, 0.05) is 16.1 Å². The molecule has 0 bridgehead atoms. The molecule has 1 amide bonds. The van der Waals surface area contributed by atoms with Gasteiger partial charge in [-0.05, 0) is 18.2 Å². The van der Waals surface area contributed by atoms with Crippen LogP contribution in [0.4, 0.5) is 13.2 Å². The largest absolute Gasteiger partial charge is 0.416 e. The van der Waals surface area contributed by atoms with Gasteiger partial charge in [-0.2, -0.15) is 13.2 Å². The number of alkyl halides is 3. The lowest BCUT2D eigenvalue weighted by Gasteiger charge is -2.18. The highest BCUT2D eigenvalue weighted by Gasteiger charge is 2.30. The zero-order valence-electron chi connectivity index (χ0n) is 10.5. The lowest BCUT2D eigenvalue weighted by Crippen LogP contribution is -2.38. The molecule has 1 aromatic carbocycles. The van der Waals surface area contributed by atoms with Crippen LogP contribution in [0, 0.1) is 5.92 Å². The molecule has 106 valence electrons. The van der Waals surface area contributed by atoms with E-state index >= 15 is 0 Å². The predicted octanol–water partition coefficient (Wildman–Crippen LogP) is 2.81. The molecule has 0 saturated heterocycles. The molecule has 0 fully saturated rings. The van der Waals surface area contributed by atoms with E-state index in [2.05, 4.69) is 0 Å². The standard InChI is InChI=1S/C12H15F3N2OS/c1-7(11(18)17-16)8(2)19-10-5-3-4-9(6-10)12(13,14)15/h3-8H,16H2,1-2H3,(H,17,18). The van der Waals surface area contributed by atoms with Gasteiger partial charge in [-0.3, -0.25) is 10.2 Å². The van der Waals surface area contributed by atoms with Gasteiger partial charge >= 0.3 is 6.18 Å². The highest BCUT2D eigenvalue weighted by atomic mass is 32.2. The Morgan fingerprint density at radius 1 is 1.37 bits per heavy atom. The molecule has 1 rings (SSSR count). The minimum absolute atomic E-state index is 0.188. The number of nitrogens with two attached hydrogens (primary N) is 1. The van der Waals surface area contributed by atoms with Gasteiger partial charge in [0.15, 0.2) is 0 Å². The Morgan fingerprint density at radius 2 is 2.00 bits per heavy atom. The van der Waals surface area contributed by atoms with Crippen LogP contribution in [0.2, 0.25) is 0 Å². The highest BCUT2D eigenvalue weighted by Crippen LogP contribution is 2.34. The first kappa shape index (κ1) is 15.8. The third-order valence-electron chi connectivity index (χ3n) is 2.74. The number of hydrogen-bond acceptors (Lipinski definition) is 3. The molecule has 0 aliphatic carbocycles. The van der Waals surface area contributed by atoms with Gasteiger partial charge in [0.1, 0.15) is 0 Å². The van der Waals surface area contributed by atoms with Gasteiger partial charge in [-0.25, -0.2) is 5.84 Å². The topological polar surface area (TPSA) is 55.1 Å². The first-order chi connectivity index (χ1) is 8.75. The van der Waals surface area contributed by atoms with Crippen molar-refractivity contribution >= 4 is 17.7 Å². The number of benzene rings is 1. The van der Waals surface area contributed by atoms with Gasteiger partial charge in [-0.1, -0.05) is 19.9 Å². The Hall–Kier alpha value is -1.21. The molecule has 2 atom stereocenters. The van der Waals surface area contributed by atoms with Crippen molar-refractivity contribution in [2.75, 3.05) is 0 Å². The number of amides is 1. The normalized spacial score (nSPS) is 14.8. The summed E-state index contributed by atoms with van der Waals surface area (Å²) in [5, 5.41) is -0.188. The van der Waals surface area contributed by atoms with E-state index in [1.54, 1.807) is 19.9 Å². The fraction of sp³-hybridized carbons (Fsp3) is 0.417. The minimum atomic E-state index is -4.36. The SMILES string of the molecule is CC(Sc1cccc(C(F)(F)F)c1)C(C)C(=O)NN. The fourth-order valence-electron chi connectivity index (χ4n) is 1.41. The van der Waals surface area contributed by atoms with E-state index in [1.165, 1.54) is 17.8 Å². The smallest absolute Gasteiger partial charge is 0.294 e.